The summed E-state index contributed by atoms with van der Waals surface area (Å²) >= 11 is 5.84. The molecule has 2 heterocycles. The highest BCUT2D eigenvalue weighted by Gasteiger charge is 2.30. The molecule has 1 aromatic heterocycles. The van der Waals surface area contributed by atoms with E-state index in [-0.39, 0.29) is 18.3 Å². The molecule has 0 unspecified atom stereocenters. The normalized spacial score (nSPS) is 14.5. The minimum Gasteiger partial charge on any atom is -0.368 e. The van der Waals surface area contributed by atoms with E-state index in [1.54, 1.807) is 6.07 Å². The molecule has 1 aliphatic rings. The van der Waals surface area contributed by atoms with Crippen molar-refractivity contribution in [2.24, 2.45) is 5.73 Å². The highest BCUT2D eigenvalue weighted by Crippen LogP contribution is 2.31. The van der Waals surface area contributed by atoms with Gasteiger partial charge in [0.15, 0.2) is 0 Å². The number of hydrogen-bond donors (Lipinski definition) is 1. The maximum atomic E-state index is 13.6. The van der Waals surface area contributed by atoms with Gasteiger partial charge in [0.05, 0.1) is 6.54 Å². The Labute approximate surface area is 131 Å². The zero-order valence-corrected chi connectivity index (χ0v) is 12.6. The molecule has 0 bridgehead atoms. The van der Waals surface area contributed by atoms with Crippen LogP contribution in [-0.4, -0.2) is 40.3 Å². The van der Waals surface area contributed by atoms with Crippen LogP contribution in [-0.2, 0) is 17.8 Å². The Bertz CT molecular complexity index is 772. The van der Waals surface area contributed by atoms with Gasteiger partial charge in [-0.15, -0.1) is 11.6 Å². The maximum absolute atomic E-state index is 13.6. The van der Waals surface area contributed by atoms with Gasteiger partial charge in [-0.2, -0.15) is 0 Å². The van der Waals surface area contributed by atoms with Crippen LogP contribution in [0.15, 0.2) is 18.2 Å². The zero-order chi connectivity index (χ0) is 15.9. The number of carbonyl (C=O) groups is 2. The average Bonchev–Trinajstić information content (AvgIpc) is 2.76. The summed E-state index contributed by atoms with van der Waals surface area (Å²) in [5.41, 5.74) is 7.20. The van der Waals surface area contributed by atoms with E-state index in [0.717, 1.165) is 11.1 Å². The number of amides is 2. The highest BCUT2D eigenvalue weighted by atomic mass is 35.5. The summed E-state index contributed by atoms with van der Waals surface area (Å²) in [7, 11) is 0. The molecular weight excluding hydrogens is 309 g/mol. The summed E-state index contributed by atoms with van der Waals surface area (Å²) in [5.74, 6) is -0.844. The molecule has 0 spiro atoms. The van der Waals surface area contributed by atoms with Gasteiger partial charge in [-0.05, 0) is 30.2 Å². The fourth-order valence-corrected chi connectivity index (χ4v) is 3.22. The van der Waals surface area contributed by atoms with Crippen LogP contribution in [0.25, 0.3) is 10.9 Å². The van der Waals surface area contributed by atoms with Crippen LogP contribution >= 0.6 is 11.6 Å². The second-order valence-corrected chi connectivity index (χ2v) is 5.65. The van der Waals surface area contributed by atoms with Crippen LogP contribution in [0.1, 0.15) is 16.1 Å². The van der Waals surface area contributed by atoms with Crippen LogP contribution in [0.3, 0.4) is 0 Å². The van der Waals surface area contributed by atoms with Crippen molar-refractivity contribution in [3.8, 4) is 0 Å². The fraction of sp³-hybridized carbons (Fsp3) is 0.333. The Morgan fingerprint density at radius 1 is 1.36 bits per heavy atom. The van der Waals surface area contributed by atoms with Gasteiger partial charge in [-0.3, -0.25) is 9.59 Å². The van der Waals surface area contributed by atoms with Gasteiger partial charge in [0, 0.05) is 29.9 Å². The summed E-state index contributed by atoms with van der Waals surface area (Å²) in [6.45, 7) is 0.823. The van der Waals surface area contributed by atoms with Crippen molar-refractivity contribution in [3.63, 3.8) is 0 Å². The molecule has 0 saturated heterocycles. The van der Waals surface area contributed by atoms with E-state index in [0.29, 0.717) is 36.5 Å². The van der Waals surface area contributed by atoms with E-state index in [1.807, 2.05) is 4.57 Å². The molecule has 1 aliphatic heterocycles. The lowest BCUT2D eigenvalue weighted by Crippen LogP contribution is -2.44. The SMILES string of the molecule is NC(=O)CN1CCn2c(c(CCCl)c3cc(F)ccc32)C1=O. The monoisotopic (exact) mass is 323 g/mol. The number of aryl methyl sites for hydroxylation is 1. The van der Waals surface area contributed by atoms with E-state index in [4.69, 9.17) is 17.3 Å². The smallest absolute Gasteiger partial charge is 0.271 e. The van der Waals surface area contributed by atoms with Gasteiger partial charge in [0.25, 0.3) is 5.91 Å². The van der Waals surface area contributed by atoms with Crippen molar-refractivity contribution in [1.29, 1.82) is 0 Å². The average molecular weight is 324 g/mol. The third-order valence-corrected chi connectivity index (χ3v) is 4.09. The van der Waals surface area contributed by atoms with Gasteiger partial charge in [-0.25, -0.2) is 4.39 Å². The Morgan fingerprint density at radius 2 is 2.14 bits per heavy atom. The molecular formula is C15H15ClFN3O2. The summed E-state index contributed by atoms with van der Waals surface area (Å²) in [6.07, 6.45) is 0.458. The van der Waals surface area contributed by atoms with Gasteiger partial charge in [0.1, 0.15) is 11.5 Å². The molecule has 0 aliphatic carbocycles. The maximum Gasteiger partial charge on any atom is 0.271 e. The molecule has 0 atom stereocenters. The first-order valence-corrected chi connectivity index (χ1v) is 7.50. The first-order chi connectivity index (χ1) is 10.5. The lowest BCUT2D eigenvalue weighted by atomic mass is 10.1. The van der Waals surface area contributed by atoms with Gasteiger partial charge < -0.3 is 15.2 Å². The first-order valence-electron chi connectivity index (χ1n) is 6.97. The minimum absolute atomic E-state index is 0.116. The van der Waals surface area contributed by atoms with E-state index in [9.17, 15) is 14.0 Å². The number of alkyl halides is 1. The Hall–Kier alpha value is -2.08. The second-order valence-electron chi connectivity index (χ2n) is 5.27. The molecule has 1 aromatic carbocycles. The number of aromatic nitrogens is 1. The van der Waals surface area contributed by atoms with Crippen molar-refractivity contribution >= 4 is 34.3 Å². The van der Waals surface area contributed by atoms with Crippen LogP contribution < -0.4 is 5.73 Å². The number of benzene rings is 1. The highest BCUT2D eigenvalue weighted by molar-refractivity contribution is 6.18. The first kappa shape index (κ1) is 14.8. The Morgan fingerprint density at radius 3 is 2.82 bits per heavy atom. The number of nitrogens with zero attached hydrogens (tertiary/aromatic N) is 2. The Kier molecular flexibility index (Phi) is 3.78. The van der Waals surface area contributed by atoms with E-state index >= 15 is 0 Å². The molecule has 22 heavy (non-hydrogen) atoms. The zero-order valence-electron chi connectivity index (χ0n) is 11.8. The standard InChI is InChI=1S/C15H15ClFN3O2/c16-4-3-10-11-7-9(17)1-2-12(11)20-6-5-19(8-13(18)21)15(22)14(10)20/h1-2,7H,3-6,8H2,(H2,18,21). The van der Waals surface area contributed by atoms with E-state index < -0.39 is 5.91 Å². The summed E-state index contributed by atoms with van der Waals surface area (Å²) < 4.78 is 15.4. The van der Waals surface area contributed by atoms with Crippen molar-refractivity contribution < 1.29 is 14.0 Å². The Balaban J connectivity index is 2.18. The van der Waals surface area contributed by atoms with Crippen molar-refractivity contribution in [1.82, 2.24) is 9.47 Å². The number of nitrogens with two attached hydrogens (primary N) is 1. The molecule has 0 fully saturated rings. The summed E-state index contributed by atoms with van der Waals surface area (Å²) in [5, 5.41) is 0.699. The number of halogens is 2. The quantitative estimate of drug-likeness (QED) is 0.866. The molecule has 3 rings (SSSR count). The molecule has 116 valence electrons. The van der Waals surface area contributed by atoms with Crippen molar-refractivity contribution in [2.45, 2.75) is 13.0 Å². The predicted octanol–water partition coefficient (Wildman–Crippen LogP) is 1.50. The lowest BCUT2D eigenvalue weighted by molar-refractivity contribution is -0.118. The van der Waals surface area contributed by atoms with Gasteiger partial charge >= 0.3 is 0 Å². The molecule has 0 radical (unpaired) electrons. The van der Waals surface area contributed by atoms with E-state index in [1.165, 1.54) is 17.0 Å². The number of rotatable bonds is 4. The third kappa shape index (κ3) is 2.33. The fourth-order valence-electron chi connectivity index (χ4n) is 3.03. The minimum atomic E-state index is -0.553. The van der Waals surface area contributed by atoms with Gasteiger partial charge in [-0.1, -0.05) is 0 Å². The van der Waals surface area contributed by atoms with Crippen LogP contribution in [0.4, 0.5) is 4.39 Å². The number of carbonyl (C=O) groups excluding carboxylic acids is 2. The lowest BCUT2D eigenvalue weighted by Gasteiger charge is -2.28. The number of primary amides is 1. The molecule has 2 N–H and O–H groups in total. The second kappa shape index (κ2) is 5.61. The van der Waals surface area contributed by atoms with Crippen molar-refractivity contribution in [2.75, 3.05) is 19.0 Å². The molecule has 2 amide bonds. The summed E-state index contributed by atoms with van der Waals surface area (Å²) in [6, 6.07) is 4.47. The largest absolute Gasteiger partial charge is 0.368 e. The molecule has 0 saturated carbocycles. The number of hydrogen-bond acceptors (Lipinski definition) is 2. The molecule has 2 aromatic rings. The molecule has 5 nitrogen and oxygen atoms in total. The van der Waals surface area contributed by atoms with Crippen LogP contribution in [0.5, 0.6) is 0 Å². The number of fused-ring (bicyclic) bond motifs is 3. The van der Waals surface area contributed by atoms with E-state index in [2.05, 4.69) is 0 Å². The van der Waals surface area contributed by atoms with Gasteiger partial charge in [0.2, 0.25) is 5.91 Å². The molecule has 7 heteroatoms. The van der Waals surface area contributed by atoms with Crippen LogP contribution in [0, 0.1) is 5.82 Å². The van der Waals surface area contributed by atoms with Crippen molar-refractivity contribution in [3.05, 3.63) is 35.3 Å². The predicted molar refractivity (Wildman–Crippen MR) is 81.4 cm³/mol. The topological polar surface area (TPSA) is 68.3 Å². The van der Waals surface area contributed by atoms with Crippen LogP contribution in [0.2, 0.25) is 0 Å². The summed E-state index contributed by atoms with van der Waals surface area (Å²) in [4.78, 5) is 25.2. The third-order valence-electron chi connectivity index (χ3n) is 3.90.